The second-order valence-corrected chi connectivity index (χ2v) is 5.59. The Balaban J connectivity index is 1.99. The standard InChI is InChI=1S/C16H20F3NO2/c1-20(11-13-7-4-5-9-22-13)15(21)10-12-6-2-3-8-14(12)16(17,18)19/h2-3,6,8,13H,4-5,7,9-11H2,1H3/t13-/m1/s1. The van der Waals surface area contributed by atoms with Gasteiger partial charge < -0.3 is 9.64 Å². The van der Waals surface area contributed by atoms with Crippen molar-refractivity contribution in [3.05, 3.63) is 35.4 Å². The molecule has 1 aromatic rings. The van der Waals surface area contributed by atoms with Crippen molar-refractivity contribution >= 4 is 5.91 Å². The lowest BCUT2D eigenvalue weighted by atomic mass is 10.0. The summed E-state index contributed by atoms with van der Waals surface area (Å²) in [5.41, 5.74) is -0.734. The van der Waals surface area contributed by atoms with Crippen LogP contribution in [-0.4, -0.2) is 37.1 Å². The summed E-state index contributed by atoms with van der Waals surface area (Å²) in [6.07, 6.45) is -1.74. The molecule has 0 saturated carbocycles. The van der Waals surface area contributed by atoms with Crippen LogP contribution in [0.1, 0.15) is 30.4 Å². The summed E-state index contributed by atoms with van der Waals surface area (Å²) < 4.78 is 44.3. The number of carbonyl (C=O) groups is 1. The van der Waals surface area contributed by atoms with E-state index in [1.165, 1.54) is 23.1 Å². The maximum Gasteiger partial charge on any atom is 0.416 e. The summed E-state index contributed by atoms with van der Waals surface area (Å²) in [6.45, 7) is 1.11. The minimum absolute atomic E-state index is 0.0106. The maximum absolute atomic E-state index is 12.9. The van der Waals surface area contributed by atoms with Gasteiger partial charge in [-0.1, -0.05) is 18.2 Å². The number of hydrogen-bond donors (Lipinski definition) is 0. The van der Waals surface area contributed by atoms with Crippen LogP contribution >= 0.6 is 0 Å². The van der Waals surface area contributed by atoms with E-state index >= 15 is 0 Å². The number of likely N-dealkylation sites (N-methyl/N-ethyl adjacent to an activating group) is 1. The Labute approximate surface area is 128 Å². The zero-order valence-corrected chi connectivity index (χ0v) is 12.5. The smallest absolute Gasteiger partial charge is 0.376 e. The molecular weight excluding hydrogens is 295 g/mol. The van der Waals surface area contributed by atoms with Crippen molar-refractivity contribution in [2.24, 2.45) is 0 Å². The molecule has 0 bridgehead atoms. The largest absolute Gasteiger partial charge is 0.416 e. The number of ether oxygens (including phenoxy) is 1. The first-order valence-corrected chi connectivity index (χ1v) is 7.38. The molecule has 1 aliphatic heterocycles. The van der Waals surface area contributed by atoms with Gasteiger partial charge in [0.15, 0.2) is 0 Å². The molecule has 0 spiro atoms. The van der Waals surface area contributed by atoms with E-state index in [1.807, 2.05) is 0 Å². The number of benzene rings is 1. The average molecular weight is 315 g/mol. The average Bonchev–Trinajstić information content (AvgIpc) is 2.47. The molecule has 1 heterocycles. The predicted octanol–water partition coefficient (Wildman–Crippen LogP) is 3.28. The van der Waals surface area contributed by atoms with E-state index in [0.717, 1.165) is 25.3 Å². The molecule has 1 fully saturated rings. The molecule has 3 nitrogen and oxygen atoms in total. The minimum Gasteiger partial charge on any atom is -0.376 e. The predicted molar refractivity (Wildman–Crippen MR) is 76.4 cm³/mol. The summed E-state index contributed by atoms with van der Waals surface area (Å²) in [6, 6.07) is 5.21. The van der Waals surface area contributed by atoms with Crippen LogP contribution in [0.25, 0.3) is 0 Å². The fraction of sp³-hybridized carbons (Fsp3) is 0.562. The number of halogens is 3. The highest BCUT2D eigenvalue weighted by Gasteiger charge is 2.33. The first kappa shape index (κ1) is 16.8. The van der Waals surface area contributed by atoms with Gasteiger partial charge >= 0.3 is 6.18 Å². The molecule has 1 aliphatic rings. The topological polar surface area (TPSA) is 29.5 Å². The molecule has 122 valence electrons. The number of rotatable bonds is 4. The van der Waals surface area contributed by atoms with Crippen molar-refractivity contribution in [3.8, 4) is 0 Å². The lowest BCUT2D eigenvalue weighted by molar-refractivity contribution is -0.138. The first-order chi connectivity index (χ1) is 10.4. The summed E-state index contributed by atoms with van der Waals surface area (Å²) in [4.78, 5) is 13.6. The van der Waals surface area contributed by atoms with Crippen LogP contribution in [0.5, 0.6) is 0 Å². The fourth-order valence-corrected chi connectivity index (χ4v) is 2.61. The summed E-state index contributed by atoms with van der Waals surface area (Å²) >= 11 is 0. The zero-order chi connectivity index (χ0) is 16.2. The van der Waals surface area contributed by atoms with Gasteiger partial charge in [-0.15, -0.1) is 0 Å². The van der Waals surface area contributed by atoms with Crippen molar-refractivity contribution in [1.29, 1.82) is 0 Å². The van der Waals surface area contributed by atoms with E-state index in [2.05, 4.69) is 0 Å². The molecule has 2 rings (SSSR count). The Hall–Kier alpha value is -1.56. The Morgan fingerprint density at radius 3 is 2.68 bits per heavy atom. The van der Waals surface area contributed by atoms with Gasteiger partial charge in [0.2, 0.25) is 5.91 Å². The van der Waals surface area contributed by atoms with Crippen LogP contribution in [0.3, 0.4) is 0 Å². The normalized spacial score (nSPS) is 19.0. The maximum atomic E-state index is 12.9. The number of amides is 1. The van der Waals surface area contributed by atoms with Gasteiger partial charge in [0, 0.05) is 20.2 Å². The van der Waals surface area contributed by atoms with Crippen LogP contribution < -0.4 is 0 Å². The van der Waals surface area contributed by atoms with Gasteiger partial charge in [-0.2, -0.15) is 13.2 Å². The van der Waals surface area contributed by atoms with Crippen LogP contribution in [0.15, 0.2) is 24.3 Å². The molecule has 22 heavy (non-hydrogen) atoms. The number of alkyl halides is 3. The quantitative estimate of drug-likeness (QED) is 0.853. The Morgan fingerprint density at radius 1 is 1.32 bits per heavy atom. The van der Waals surface area contributed by atoms with E-state index in [1.54, 1.807) is 7.05 Å². The highest BCUT2D eigenvalue weighted by molar-refractivity contribution is 5.79. The molecule has 0 unspecified atom stereocenters. The summed E-state index contributed by atoms with van der Waals surface area (Å²) in [5, 5.41) is 0. The van der Waals surface area contributed by atoms with E-state index in [0.29, 0.717) is 13.2 Å². The Kier molecular flexibility index (Phi) is 5.45. The van der Waals surface area contributed by atoms with Crippen molar-refractivity contribution < 1.29 is 22.7 Å². The molecule has 0 aromatic heterocycles. The number of carbonyl (C=O) groups excluding carboxylic acids is 1. The highest BCUT2D eigenvalue weighted by Crippen LogP contribution is 2.32. The van der Waals surface area contributed by atoms with Gasteiger partial charge in [0.1, 0.15) is 0 Å². The van der Waals surface area contributed by atoms with Gasteiger partial charge in [-0.3, -0.25) is 4.79 Å². The number of hydrogen-bond acceptors (Lipinski definition) is 2. The fourth-order valence-electron chi connectivity index (χ4n) is 2.61. The van der Waals surface area contributed by atoms with Gasteiger partial charge in [-0.05, 0) is 30.9 Å². The Morgan fingerprint density at radius 2 is 2.05 bits per heavy atom. The lowest BCUT2D eigenvalue weighted by Gasteiger charge is -2.27. The molecule has 6 heteroatoms. The van der Waals surface area contributed by atoms with Crippen LogP contribution in [0.2, 0.25) is 0 Å². The highest BCUT2D eigenvalue weighted by atomic mass is 19.4. The lowest BCUT2D eigenvalue weighted by Crippen LogP contribution is -2.38. The molecule has 1 aromatic carbocycles. The van der Waals surface area contributed by atoms with Crippen molar-refractivity contribution in [3.63, 3.8) is 0 Å². The van der Waals surface area contributed by atoms with E-state index < -0.39 is 11.7 Å². The van der Waals surface area contributed by atoms with Crippen LogP contribution in [0.4, 0.5) is 13.2 Å². The van der Waals surface area contributed by atoms with Crippen molar-refractivity contribution in [1.82, 2.24) is 4.90 Å². The third-order valence-electron chi connectivity index (χ3n) is 3.84. The van der Waals surface area contributed by atoms with Crippen LogP contribution in [-0.2, 0) is 22.1 Å². The van der Waals surface area contributed by atoms with Gasteiger partial charge in [-0.25, -0.2) is 0 Å². The molecular formula is C16H20F3NO2. The summed E-state index contributed by atoms with van der Waals surface area (Å²) in [5.74, 6) is -0.328. The van der Waals surface area contributed by atoms with Crippen molar-refractivity contribution in [2.45, 2.75) is 38.0 Å². The second-order valence-electron chi connectivity index (χ2n) is 5.59. The third kappa shape index (κ3) is 4.47. The van der Waals surface area contributed by atoms with Crippen molar-refractivity contribution in [2.75, 3.05) is 20.2 Å². The second kappa shape index (κ2) is 7.13. The van der Waals surface area contributed by atoms with Crippen LogP contribution in [0, 0.1) is 0 Å². The molecule has 0 aliphatic carbocycles. The SMILES string of the molecule is CN(C[C@H]1CCCCO1)C(=O)Cc1ccccc1C(F)(F)F. The third-order valence-corrected chi connectivity index (χ3v) is 3.84. The monoisotopic (exact) mass is 315 g/mol. The minimum atomic E-state index is -4.44. The molecule has 1 atom stereocenters. The summed E-state index contributed by atoms with van der Waals surface area (Å²) in [7, 11) is 1.61. The Bertz CT molecular complexity index is 510. The zero-order valence-electron chi connectivity index (χ0n) is 12.5. The molecule has 1 saturated heterocycles. The van der Waals surface area contributed by atoms with Gasteiger partial charge in [0.25, 0.3) is 0 Å². The number of nitrogens with zero attached hydrogens (tertiary/aromatic N) is 1. The van der Waals surface area contributed by atoms with E-state index in [4.69, 9.17) is 4.74 Å². The van der Waals surface area contributed by atoms with E-state index in [-0.39, 0.29) is 24.0 Å². The van der Waals surface area contributed by atoms with E-state index in [9.17, 15) is 18.0 Å². The molecule has 0 N–H and O–H groups in total. The first-order valence-electron chi connectivity index (χ1n) is 7.38. The van der Waals surface area contributed by atoms with Gasteiger partial charge in [0.05, 0.1) is 18.1 Å². The molecule has 0 radical (unpaired) electrons. The molecule has 1 amide bonds.